The van der Waals surface area contributed by atoms with Crippen LogP contribution in [0.15, 0.2) is 0 Å². The van der Waals surface area contributed by atoms with Crippen LogP contribution in [-0.2, 0) is 0 Å². The highest BCUT2D eigenvalue weighted by atomic mass is 32.1. The maximum absolute atomic E-state index is 12.6. The van der Waals surface area contributed by atoms with Gasteiger partial charge in [0.15, 0.2) is 0 Å². The molecule has 1 unspecified atom stereocenters. The maximum Gasteiger partial charge on any atom is 0.267 e. The van der Waals surface area contributed by atoms with Crippen molar-refractivity contribution in [2.45, 2.75) is 51.5 Å². The summed E-state index contributed by atoms with van der Waals surface area (Å²) in [5.74, 6) is 0.287. The monoisotopic (exact) mass is 283 g/mol. The lowest BCUT2D eigenvalue weighted by Crippen LogP contribution is -2.35. The third kappa shape index (κ3) is 3.12. The van der Waals surface area contributed by atoms with Gasteiger partial charge in [0.1, 0.15) is 4.88 Å². The summed E-state index contributed by atoms with van der Waals surface area (Å²) in [7, 11) is 0. The Morgan fingerprint density at radius 2 is 2.37 bits per heavy atom. The number of amides is 1. The van der Waals surface area contributed by atoms with Crippen molar-refractivity contribution in [2.75, 3.05) is 13.2 Å². The summed E-state index contributed by atoms with van der Waals surface area (Å²) in [5, 5.41) is 13.0. The number of hydrogen-bond acceptors (Lipinski definition) is 5. The van der Waals surface area contributed by atoms with E-state index in [1.54, 1.807) is 0 Å². The Hall–Kier alpha value is -1.01. The second kappa shape index (κ2) is 6.43. The summed E-state index contributed by atoms with van der Waals surface area (Å²) in [6.07, 6.45) is 3.72. The quantitative estimate of drug-likeness (QED) is 0.898. The minimum atomic E-state index is 0.0686. The molecule has 1 aromatic rings. The summed E-state index contributed by atoms with van der Waals surface area (Å²) in [5.41, 5.74) is 0.808. The van der Waals surface area contributed by atoms with Crippen LogP contribution in [0.4, 0.5) is 0 Å². The van der Waals surface area contributed by atoms with Crippen LogP contribution in [0.5, 0.6) is 0 Å². The number of carbonyl (C=O) groups is 1. The third-order valence-electron chi connectivity index (χ3n) is 3.59. The third-order valence-corrected chi connectivity index (χ3v) is 4.32. The molecule has 106 valence electrons. The fraction of sp³-hybridized carbons (Fsp3) is 0.769. The van der Waals surface area contributed by atoms with Gasteiger partial charge in [-0.1, -0.05) is 18.3 Å². The molecule has 2 rings (SSSR count). The number of rotatable bonds is 5. The zero-order valence-corrected chi connectivity index (χ0v) is 12.3. The SMILES string of the molecule is CC(C)c1nnsc1C(=O)N1CCCC1CCCO. The summed E-state index contributed by atoms with van der Waals surface area (Å²) in [6.45, 7) is 5.06. The first-order chi connectivity index (χ1) is 9.15. The molecule has 2 heterocycles. The molecule has 0 saturated carbocycles. The Morgan fingerprint density at radius 1 is 1.58 bits per heavy atom. The molecule has 6 heteroatoms. The largest absolute Gasteiger partial charge is 0.396 e. The van der Waals surface area contributed by atoms with Gasteiger partial charge in [-0.2, -0.15) is 0 Å². The van der Waals surface area contributed by atoms with E-state index < -0.39 is 0 Å². The van der Waals surface area contributed by atoms with Crippen LogP contribution in [0.25, 0.3) is 0 Å². The molecule has 1 saturated heterocycles. The topological polar surface area (TPSA) is 66.3 Å². The molecule has 1 aliphatic rings. The van der Waals surface area contributed by atoms with E-state index in [-0.39, 0.29) is 24.5 Å². The van der Waals surface area contributed by atoms with Gasteiger partial charge in [-0.15, -0.1) is 5.10 Å². The van der Waals surface area contributed by atoms with Crippen LogP contribution >= 0.6 is 11.5 Å². The summed E-state index contributed by atoms with van der Waals surface area (Å²) < 4.78 is 3.93. The molecule has 0 spiro atoms. The Bertz CT molecular complexity index is 433. The van der Waals surface area contributed by atoms with E-state index in [0.29, 0.717) is 4.88 Å². The van der Waals surface area contributed by atoms with E-state index in [1.807, 2.05) is 18.7 Å². The van der Waals surface area contributed by atoms with Crippen LogP contribution in [0.2, 0.25) is 0 Å². The van der Waals surface area contributed by atoms with E-state index in [1.165, 1.54) is 11.5 Å². The normalized spacial score (nSPS) is 19.4. The highest BCUT2D eigenvalue weighted by Crippen LogP contribution is 2.27. The lowest BCUT2D eigenvalue weighted by atomic mass is 10.1. The van der Waals surface area contributed by atoms with Crippen molar-refractivity contribution in [2.24, 2.45) is 0 Å². The molecule has 0 aromatic carbocycles. The van der Waals surface area contributed by atoms with Gasteiger partial charge in [-0.3, -0.25) is 4.79 Å². The van der Waals surface area contributed by atoms with Crippen molar-refractivity contribution >= 4 is 17.4 Å². The first-order valence-electron chi connectivity index (χ1n) is 6.89. The molecular formula is C13H21N3O2S. The van der Waals surface area contributed by atoms with Gasteiger partial charge in [0.25, 0.3) is 5.91 Å². The van der Waals surface area contributed by atoms with Crippen molar-refractivity contribution in [3.8, 4) is 0 Å². The van der Waals surface area contributed by atoms with Gasteiger partial charge in [0.2, 0.25) is 0 Å². The lowest BCUT2D eigenvalue weighted by molar-refractivity contribution is 0.0727. The van der Waals surface area contributed by atoms with Crippen LogP contribution in [0.1, 0.15) is 60.8 Å². The molecule has 1 atom stereocenters. The highest BCUT2D eigenvalue weighted by molar-refractivity contribution is 7.08. The molecule has 1 aromatic heterocycles. The Morgan fingerprint density at radius 3 is 3.05 bits per heavy atom. The van der Waals surface area contributed by atoms with Crippen LogP contribution in [0, 0.1) is 0 Å². The molecule has 1 aliphatic heterocycles. The van der Waals surface area contributed by atoms with Gasteiger partial charge in [0.05, 0.1) is 5.69 Å². The number of aliphatic hydroxyl groups excluding tert-OH is 1. The predicted molar refractivity (Wildman–Crippen MR) is 74.4 cm³/mol. The predicted octanol–water partition coefficient (Wildman–Crippen LogP) is 2.04. The second-order valence-electron chi connectivity index (χ2n) is 5.30. The van der Waals surface area contributed by atoms with Gasteiger partial charge in [-0.25, -0.2) is 0 Å². The average molecular weight is 283 g/mol. The molecule has 5 nitrogen and oxygen atoms in total. The van der Waals surface area contributed by atoms with Gasteiger partial charge < -0.3 is 10.0 Å². The first kappa shape index (κ1) is 14.4. The fourth-order valence-corrected chi connectivity index (χ4v) is 3.36. The van der Waals surface area contributed by atoms with Gasteiger partial charge in [0, 0.05) is 19.2 Å². The molecule has 0 bridgehead atoms. The molecule has 0 aliphatic carbocycles. The molecular weight excluding hydrogens is 262 g/mol. The van der Waals surface area contributed by atoms with E-state index in [2.05, 4.69) is 9.59 Å². The Balaban J connectivity index is 2.11. The van der Waals surface area contributed by atoms with E-state index in [4.69, 9.17) is 5.11 Å². The Labute approximate surface area is 117 Å². The first-order valence-corrected chi connectivity index (χ1v) is 7.66. The van der Waals surface area contributed by atoms with Crippen molar-refractivity contribution < 1.29 is 9.90 Å². The molecule has 19 heavy (non-hydrogen) atoms. The zero-order chi connectivity index (χ0) is 13.8. The number of likely N-dealkylation sites (tertiary alicyclic amines) is 1. The van der Waals surface area contributed by atoms with Crippen molar-refractivity contribution in [1.82, 2.24) is 14.5 Å². The molecule has 1 fully saturated rings. The van der Waals surface area contributed by atoms with Gasteiger partial charge >= 0.3 is 0 Å². The van der Waals surface area contributed by atoms with Crippen molar-refractivity contribution in [3.63, 3.8) is 0 Å². The van der Waals surface area contributed by atoms with Crippen molar-refractivity contribution in [3.05, 3.63) is 10.6 Å². The number of hydrogen-bond donors (Lipinski definition) is 1. The molecule has 1 N–H and O–H groups in total. The van der Waals surface area contributed by atoms with Crippen LogP contribution < -0.4 is 0 Å². The van der Waals surface area contributed by atoms with E-state index >= 15 is 0 Å². The van der Waals surface area contributed by atoms with E-state index in [9.17, 15) is 4.79 Å². The second-order valence-corrected chi connectivity index (χ2v) is 6.06. The number of nitrogens with zero attached hydrogens (tertiary/aromatic N) is 3. The number of carbonyl (C=O) groups excluding carboxylic acids is 1. The fourth-order valence-electron chi connectivity index (χ4n) is 2.58. The minimum Gasteiger partial charge on any atom is -0.396 e. The number of aromatic nitrogens is 2. The van der Waals surface area contributed by atoms with Gasteiger partial charge in [-0.05, 0) is 43.1 Å². The summed E-state index contributed by atoms with van der Waals surface area (Å²) in [6, 6.07) is 0.266. The zero-order valence-electron chi connectivity index (χ0n) is 11.5. The van der Waals surface area contributed by atoms with Crippen LogP contribution in [0.3, 0.4) is 0 Å². The summed E-state index contributed by atoms with van der Waals surface area (Å²) in [4.78, 5) is 15.2. The van der Waals surface area contributed by atoms with Crippen LogP contribution in [-0.4, -0.2) is 44.7 Å². The lowest BCUT2D eigenvalue weighted by Gasteiger charge is -2.24. The molecule has 1 amide bonds. The Kier molecular flexibility index (Phi) is 4.87. The maximum atomic E-state index is 12.6. The smallest absolute Gasteiger partial charge is 0.267 e. The van der Waals surface area contributed by atoms with Crippen molar-refractivity contribution in [1.29, 1.82) is 0 Å². The standard InChI is InChI=1S/C13H21N3O2S/c1-9(2)11-12(19-15-14-11)13(18)16-7-3-5-10(16)6-4-8-17/h9-10,17H,3-8H2,1-2H3. The van der Waals surface area contributed by atoms with E-state index in [0.717, 1.165) is 37.9 Å². The minimum absolute atomic E-state index is 0.0686. The molecule has 0 radical (unpaired) electrons. The summed E-state index contributed by atoms with van der Waals surface area (Å²) >= 11 is 1.20. The highest BCUT2D eigenvalue weighted by Gasteiger charge is 2.31. The average Bonchev–Trinajstić information content (AvgIpc) is 3.04. The number of aliphatic hydroxyl groups is 1.